The fraction of sp³-hybridized carbons (Fsp3) is 0.556. The number of furan rings is 1. The normalized spacial score (nSPS) is 14.8. The summed E-state index contributed by atoms with van der Waals surface area (Å²) < 4.78 is 5.89. The van der Waals surface area contributed by atoms with Crippen molar-refractivity contribution in [1.82, 2.24) is 0 Å². The summed E-state index contributed by atoms with van der Waals surface area (Å²) in [5.74, 6) is 0.606. The molecule has 0 spiro atoms. The van der Waals surface area contributed by atoms with Gasteiger partial charge in [0.15, 0.2) is 4.67 Å². The zero-order valence-electron chi connectivity index (χ0n) is 7.47. The fourth-order valence-corrected chi connectivity index (χ4v) is 1.22. The molecule has 0 saturated carbocycles. The Labute approximate surface area is 80.7 Å². The van der Waals surface area contributed by atoms with Crippen molar-refractivity contribution in [3.8, 4) is 0 Å². The summed E-state index contributed by atoms with van der Waals surface area (Å²) in [6, 6.07) is 3.56. The molecule has 0 bridgehead atoms. The summed E-state index contributed by atoms with van der Waals surface area (Å²) in [4.78, 5) is 0. The van der Waals surface area contributed by atoms with Crippen molar-refractivity contribution < 1.29 is 9.52 Å². The molecule has 0 saturated heterocycles. The molecular weight excluding hydrogens is 220 g/mol. The topological polar surface area (TPSA) is 33.4 Å². The highest BCUT2D eigenvalue weighted by Crippen LogP contribution is 2.34. The van der Waals surface area contributed by atoms with E-state index in [9.17, 15) is 5.11 Å². The Morgan fingerprint density at radius 3 is 2.33 bits per heavy atom. The van der Waals surface area contributed by atoms with Gasteiger partial charge >= 0.3 is 0 Å². The van der Waals surface area contributed by atoms with Crippen molar-refractivity contribution in [2.75, 3.05) is 0 Å². The average Bonchev–Trinajstić information content (AvgIpc) is 2.32. The van der Waals surface area contributed by atoms with Crippen LogP contribution < -0.4 is 0 Å². The fourth-order valence-electron chi connectivity index (χ4n) is 0.902. The standard InChI is InChI=1S/C9H13BrO2/c1-9(2,3)8(11)6-4-5-7(10)12-6/h4-5,8,11H,1-3H3. The highest BCUT2D eigenvalue weighted by atomic mass is 79.9. The minimum Gasteiger partial charge on any atom is -0.452 e. The molecule has 1 atom stereocenters. The second-order valence-corrected chi connectivity index (χ2v) is 4.69. The molecule has 0 aromatic carbocycles. The summed E-state index contributed by atoms with van der Waals surface area (Å²) >= 11 is 3.19. The van der Waals surface area contributed by atoms with Crippen LogP contribution in [0.15, 0.2) is 21.2 Å². The van der Waals surface area contributed by atoms with Crippen LogP contribution in [0.25, 0.3) is 0 Å². The second-order valence-electron chi connectivity index (χ2n) is 3.91. The lowest BCUT2D eigenvalue weighted by Gasteiger charge is -2.23. The van der Waals surface area contributed by atoms with Gasteiger partial charge in [-0.05, 0) is 33.5 Å². The Kier molecular flexibility index (Phi) is 2.64. The molecule has 1 heterocycles. The summed E-state index contributed by atoms with van der Waals surface area (Å²) in [6.07, 6.45) is -0.552. The largest absolute Gasteiger partial charge is 0.452 e. The molecule has 0 aliphatic carbocycles. The first-order valence-electron chi connectivity index (χ1n) is 3.84. The Hall–Kier alpha value is -0.280. The second kappa shape index (κ2) is 3.23. The van der Waals surface area contributed by atoms with Gasteiger partial charge in [-0.2, -0.15) is 0 Å². The maximum absolute atomic E-state index is 9.76. The van der Waals surface area contributed by atoms with E-state index >= 15 is 0 Å². The van der Waals surface area contributed by atoms with Gasteiger partial charge in [0.25, 0.3) is 0 Å². The van der Waals surface area contributed by atoms with Crippen molar-refractivity contribution in [2.45, 2.75) is 26.9 Å². The van der Waals surface area contributed by atoms with Crippen LogP contribution in [0, 0.1) is 5.41 Å². The molecule has 1 aromatic rings. The summed E-state index contributed by atoms with van der Waals surface area (Å²) in [7, 11) is 0. The number of hydrogen-bond acceptors (Lipinski definition) is 2. The molecule has 0 aliphatic heterocycles. The lowest BCUT2D eigenvalue weighted by molar-refractivity contribution is 0.0427. The number of rotatable bonds is 1. The molecule has 2 nitrogen and oxygen atoms in total. The maximum Gasteiger partial charge on any atom is 0.169 e. The molecule has 68 valence electrons. The van der Waals surface area contributed by atoms with E-state index in [1.54, 1.807) is 12.1 Å². The molecule has 0 fully saturated rings. The van der Waals surface area contributed by atoms with E-state index in [0.29, 0.717) is 10.4 Å². The van der Waals surface area contributed by atoms with Crippen LogP contribution in [0.2, 0.25) is 0 Å². The Balaban J connectivity index is 2.85. The molecule has 1 aromatic heterocycles. The molecule has 3 heteroatoms. The molecule has 1 rings (SSSR count). The third-order valence-electron chi connectivity index (χ3n) is 1.68. The highest BCUT2D eigenvalue weighted by Gasteiger charge is 2.26. The van der Waals surface area contributed by atoms with E-state index in [4.69, 9.17) is 4.42 Å². The van der Waals surface area contributed by atoms with Crippen molar-refractivity contribution in [1.29, 1.82) is 0 Å². The maximum atomic E-state index is 9.76. The van der Waals surface area contributed by atoms with Gasteiger partial charge in [0.05, 0.1) is 0 Å². The molecule has 0 aliphatic rings. The molecule has 0 radical (unpaired) electrons. The summed E-state index contributed by atoms with van der Waals surface area (Å²) in [6.45, 7) is 5.90. The van der Waals surface area contributed by atoms with E-state index < -0.39 is 6.10 Å². The van der Waals surface area contributed by atoms with Crippen molar-refractivity contribution in [3.05, 3.63) is 22.6 Å². The predicted molar refractivity (Wildman–Crippen MR) is 50.8 cm³/mol. The van der Waals surface area contributed by atoms with Gasteiger partial charge in [0, 0.05) is 0 Å². The number of aliphatic hydroxyl groups is 1. The van der Waals surface area contributed by atoms with Gasteiger partial charge in [0.1, 0.15) is 11.9 Å². The zero-order chi connectivity index (χ0) is 9.35. The van der Waals surface area contributed by atoms with E-state index in [2.05, 4.69) is 15.9 Å². The lowest BCUT2D eigenvalue weighted by Crippen LogP contribution is -2.16. The molecule has 1 N–H and O–H groups in total. The third kappa shape index (κ3) is 2.11. The monoisotopic (exact) mass is 232 g/mol. The van der Waals surface area contributed by atoms with Gasteiger partial charge in [-0.25, -0.2) is 0 Å². The van der Waals surface area contributed by atoms with Crippen LogP contribution in [-0.2, 0) is 0 Å². The van der Waals surface area contributed by atoms with Crippen LogP contribution in [0.3, 0.4) is 0 Å². The lowest BCUT2D eigenvalue weighted by atomic mass is 9.88. The minimum atomic E-state index is -0.552. The summed E-state index contributed by atoms with van der Waals surface area (Å²) in [5, 5.41) is 9.76. The van der Waals surface area contributed by atoms with Crippen LogP contribution in [-0.4, -0.2) is 5.11 Å². The first kappa shape index (κ1) is 9.81. The predicted octanol–water partition coefficient (Wildman–Crippen LogP) is 3.12. The van der Waals surface area contributed by atoms with Crippen LogP contribution in [0.4, 0.5) is 0 Å². The van der Waals surface area contributed by atoms with E-state index in [1.165, 1.54) is 0 Å². The highest BCUT2D eigenvalue weighted by molar-refractivity contribution is 9.10. The Morgan fingerprint density at radius 2 is 2.00 bits per heavy atom. The van der Waals surface area contributed by atoms with Crippen LogP contribution >= 0.6 is 15.9 Å². The van der Waals surface area contributed by atoms with Crippen molar-refractivity contribution >= 4 is 15.9 Å². The zero-order valence-corrected chi connectivity index (χ0v) is 9.05. The van der Waals surface area contributed by atoms with Gasteiger partial charge in [0.2, 0.25) is 0 Å². The number of aliphatic hydroxyl groups excluding tert-OH is 1. The van der Waals surface area contributed by atoms with Crippen LogP contribution in [0.1, 0.15) is 32.6 Å². The first-order chi connectivity index (χ1) is 5.41. The molecule has 12 heavy (non-hydrogen) atoms. The Bertz CT molecular complexity index is 260. The van der Waals surface area contributed by atoms with E-state index in [0.717, 1.165) is 0 Å². The minimum absolute atomic E-state index is 0.183. The molecule has 1 unspecified atom stereocenters. The van der Waals surface area contributed by atoms with Crippen molar-refractivity contribution in [2.24, 2.45) is 5.41 Å². The van der Waals surface area contributed by atoms with Crippen LogP contribution in [0.5, 0.6) is 0 Å². The molecule has 0 amide bonds. The van der Waals surface area contributed by atoms with Crippen molar-refractivity contribution in [3.63, 3.8) is 0 Å². The Morgan fingerprint density at radius 1 is 1.42 bits per heavy atom. The number of hydrogen-bond donors (Lipinski definition) is 1. The van der Waals surface area contributed by atoms with Gasteiger partial charge in [-0.1, -0.05) is 20.8 Å². The summed E-state index contributed by atoms with van der Waals surface area (Å²) in [5.41, 5.74) is -0.183. The average molecular weight is 233 g/mol. The van der Waals surface area contributed by atoms with Gasteiger partial charge in [-0.3, -0.25) is 0 Å². The van der Waals surface area contributed by atoms with Gasteiger partial charge < -0.3 is 9.52 Å². The third-order valence-corrected chi connectivity index (χ3v) is 2.11. The van der Waals surface area contributed by atoms with Gasteiger partial charge in [-0.15, -0.1) is 0 Å². The quantitative estimate of drug-likeness (QED) is 0.808. The smallest absolute Gasteiger partial charge is 0.169 e. The molecular formula is C9H13BrO2. The number of halogens is 1. The SMILES string of the molecule is CC(C)(C)C(O)c1ccc(Br)o1. The van der Waals surface area contributed by atoms with E-state index in [1.807, 2.05) is 20.8 Å². The van der Waals surface area contributed by atoms with E-state index in [-0.39, 0.29) is 5.41 Å². The first-order valence-corrected chi connectivity index (χ1v) is 4.64.